The molecule has 2 nitrogen and oxygen atoms in total. The van der Waals surface area contributed by atoms with E-state index in [1.165, 1.54) is 12.1 Å². The predicted octanol–water partition coefficient (Wildman–Crippen LogP) is 3.01. The van der Waals surface area contributed by atoms with E-state index in [2.05, 4.69) is 12.0 Å². The van der Waals surface area contributed by atoms with Crippen LogP contribution in [0.1, 0.15) is 24.0 Å². The van der Waals surface area contributed by atoms with Gasteiger partial charge in [0.2, 0.25) is 0 Å². The Morgan fingerprint density at radius 3 is 2.94 bits per heavy atom. The van der Waals surface area contributed by atoms with E-state index >= 15 is 0 Å². The zero-order valence-electron chi connectivity index (χ0n) is 9.23. The minimum Gasteiger partial charge on any atom is -0.268 e. The van der Waals surface area contributed by atoms with Crippen LogP contribution in [0.5, 0.6) is 0 Å². The summed E-state index contributed by atoms with van der Waals surface area (Å²) in [6.45, 7) is 6.54. The second-order valence-electron chi connectivity index (χ2n) is 4.00. The maximum absolute atomic E-state index is 13.0. The molecule has 0 fully saturated rings. The predicted molar refractivity (Wildman–Crippen MR) is 61.5 cm³/mol. The van der Waals surface area contributed by atoms with Crippen LogP contribution in [0.2, 0.25) is 0 Å². The van der Waals surface area contributed by atoms with Crippen LogP contribution in [-0.2, 0) is 6.54 Å². The molecule has 0 saturated heterocycles. The number of rotatable bonds is 3. The minimum absolute atomic E-state index is 0.213. The Kier molecular flexibility index (Phi) is 3.04. The smallest absolute Gasteiger partial charge is 0.123 e. The molecule has 2 rings (SSSR count). The zero-order valence-corrected chi connectivity index (χ0v) is 9.23. The maximum atomic E-state index is 13.0. The molecule has 1 atom stereocenters. The first kappa shape index (κ1) is 10.9. The van der Waals surface area contributed by atoms with E-state index in [0.717, 1.165) is 11.1 Å². The van der Waals surface area contributed by atoms with Crippen molar-refractivity contribution in [3.63, 3.8) is 0 Å². The molecule has 1 heterocycles. The standard InChI is InChI=1S/C13H14FN2/c1-10(2)12-7-15-16(9-12)8-11-4-3-5-13(14)6-11/h3-7,9-10H,1,8H2,2H3. The molecule has 0 aliphatic rings. The number of hydrogen-bond acceptors (Lipinski definition) is 1. The summed E-state index contributed by atoms with van der Waals surface area (Å²) < 4.78 is 14.8. The van der Waals surface area contributed by atoms with Gasteiger partial charge in [-0.1, -0.05) is 19.1 Å². The van der Waals surface area contributed by atoms with Crippen molar-refractivity contribution in [2.75, 3.05) is 0 Å². The van der Waals surface area contributed by atoms with Crippen LogP contribution in [0.15, 0.2) is 36.7 Å². The fourth-order valence-electron chi connectivity index (χ4n) is 1.54. The topological polar surface area (TPSA) is 17.8 Å². The van der Waals surface area contributed by atoms with Gasteiger partial charge in [0.1, 0.15) is 5.82 Å². The Morgan fingerprint density at radius 2 is 2.31 bits per heavy atom. The zero-order chi connectivity index (χ0) is 11.5. The third kappa shape index (κ3) is 2.48. The minimum atomic E-state index is -0.213. The first-order valence-corrected chi connectivity index (χ1v) is 5.25. The van der Waals surface area contributed by atoms with Crippen LogP contribution in [0.4, 0.5) is 4.39 Å². The number of halogens is 1. The molecule has 1 aromatic heterocycles. The van der Waals surface area contributed by atoms with Crippen molar-refractivity contribution in [1.29, 1.82) is 0 Å². The van der Waals surface area contributed by atoms with Gasteiger partial charge in [-0.05, 0) is 36.1 Å². The molecule has 1 radical (unpaired) electrons. The average Bonchev–Trinajstić information content (AvgIpc) is 2.66. The van der Waals surface area contributed by atoms with E-state index in [9.17, 15) is 4.39 Å². The van der Waals surface area contributed by atoms with E-state index in [1.807, 2.05) is 19.2 Å². The molecule has 0 saturated carbocycles. The van der Waals surface area contributed by atoms with Crippen LogP contribution >= 0.6 is 0 Å². The summed E-state index contributed by atoms with van der Waals surface area (Å²) in [5, 5.41) is 4.22. The number of nitrogens with zero attached hydrogens (tertiary/aromatic N) is 2. The number of hydrogen-bond donors (Lipinski definition) is 0. The van der Waals surface area contributed by atoms with Gasteiger partial charge < -0.3 is 0 Å². The summed E-state index contributed by atoms with van der Waals surface area (Å²) in [5.41, 5.74) is 2.00. The normalized spacial score (nSPS) is 11.0. The first-order chi connectivity index (χ1) is 7.65. The van der Waals surface area contributed by atoms with Crippen molar-refractivity contribution >= 4 is 0 Å². The molecule has 16 heavy (non-hydrogen) atoms. The molecule has 0 aliphatic carbocycles. The van der Waals surface area contributed by atoms with Gasteiger partial charge in [0.25, 0.3) is 0 Å². The van der Waals surface area contributed by atoms with Crippen LogP contribution in [0.3, 0.4) is 0 Å². The van der Waals surface area contributed by atoms with E-state index in [1.54, 1.807) is 16.9 Å². The lowest BCUT2D eigenvalue weighted by molar-refractivity contribution is 0.619. The summed E-state index contributed by atoms with van der Waals surface area (Å²) in [6, 6.07) is 6.56. The third-order valence-electron chi connectivity index (χ3n) is 2.46. The average molecular weight is 217 g/mol. The van der Waals surface area contributed by atoms with Crippen molar-refractivity contribution in [2.45, 2.75) is 19.4 Å². The fourth-order valence-corrected chi connectivity index (χ4v) is 1.54. The summed E-state index contributed by atoms with van der Waals surface area (Å²) in [4.78, 5) is 0. The summed E-state index contributed by atoms with van der Waals surface area (Å²) in [7, 11) is 0. The van der Waals surface area contributed by atoms with E-state index in [0.29, 0.717) is 6.54 Å². The van der Waals surface area contributed by atoms with Gasteiger partial charge >= 0.3 is 0 Å². The second-order valence-corrected chi connectivity index (χ2v) is 4.00. The van der Waals surface area contributed by atoms with Gasteiger partial charge in [-0.3, -0.25) is 4.68 Å². The van der Waals surface area contributed by atoms with Crippen molar-refractivity contribution in [1.82, 2.24) is 9.78 Å². The van der Waals surface area contributed by atoms with Crippen molar-refractivity contribution in [3.8, 4) is 0 Å². The van der Waals surface area contributed by atoms with Crippen molar-refractivity contribution in [3.05, 3.63) is 60.5 Å². The molecule has 1 unspecified atom stereocenters. The third-order valence-corrected chi connectivity index (χ3v) is 2.46. The monoisotopic (exact) mass is 217 g/mol. The van der Waals surface area contributed by atoms with Gasteiger partial charge in [-0.2, -0.15) is 5.10 Å². The highest BCUT2D eigenvalue weighted by Gasteiger charge is 2.03. The molecule has 0 aliphatic heterocycles. The highest BCUT2D eigenvalue weighted by molar-refractivity contribution is 5.18. The fraction of sp³-hybridized carbons (Fsp3) is 0.231. The Balaban J connectivity index is 2.14. The Morgan fingerprint density at radius 1 is 1.50 bits per heavy atom. The Labute approximate surface area is 94.7 Å². The molecule has 83 valence electrons. The lowest BCUT2D eigenvalue weighted by Crippen LogP contribution is -2.00. The molecular weight excluding hydrogens is 203 g/mol. The Hall–Kier alpha value is -1.64. The molecule has 1 aromatic carbocycles. The highest BCUT2D eigenvalue weighted by atomic mass is 19.1. The molecular formula is C13H14FN2. The van der Waals surface area contributed by atoms with Crippen LogP contribution < -0.4 is 0 Å². The largest absolute Gasteiger partial charge is 0.268 e. The van der Waals surface area contributed by atoms with Gasteiger partial charge in [-0.15, -0.1) is 0 Å². The van der Waals surface area contributed by atoms with Crippen molar-refractivity contribution < 1.29 is 4.39 Å². The van der Waals surface area contributed by atoms with Gasteiger partial charge in [0.05, 0.1) is 12.7 Å². The Bertz CT molecular complexity index is 474. The van der Waals surface area contributed by atoms with Crippen LogP contribution in [0.25, 0.3) is 0 Å². The molecule has 3 heteroatoms. The van der Waals surface area contributed by atoms with Gasteiger partial charge in [0, 0.05) is 6.20 Å². The van der Waals surface area contributed by atoms with Crippen molar-refractivity contribution in [2.24, 2.45) is 0 Å². The quantitative estimate of drug-likeness (QED) is 0.772. The van der Waals surface area contributed by atoms with E-state index in [4.69, 9.17) is 0 Å². The van der Waals surface area contributed by atoms with Crippen LogP contribution in [0, 0.1) is 12.7 Å². The van der Waals surface area contributed by atoms with E-state index in [-0.39, 0.29) is 11.7 Å². The molecule has 0 bridgehead atoms. The summed E-state index contributed by atoms with van der Waals surface area (Å²) in [5.74, 6) is 0.0108. The first-order valence-electron chi connectivity index (χ1n) is 5.25. The molecule has 0 N–H and O–H groups in total. The number of benzene rings is 1. The lowest BCUT2D eigenvalue weighted by atomic mass is 10.1. The SMILES string of the molecule is [CH2]C(C)c1cnn(Cc2cccc(F)c2)c1. The lowest BCUT2D eigenvalue weighted by Gasteiger charge is -2.02. The highest BCUT2D eigenvalue weighted by Crippen LogP contribution is 2.13. The van der Waals surface area contributed by atoms with Gasteiger partial charge in [-0.25, -0.2) is 4.39 Å². The number of aromatic nitrogens is 2. The second kappa shape index (κ2) is 4.47. The van der Waals surface area contributed by atoms with Crippen LogP contribution in [-0.4, -0.2) is 9.78 Å². The molecule has 2 aromatic rings. The summed E-state index contributed by atoms with van der Waals surface area (Å²) >= 11 is 0. The maximum Gasteiger partial charge on any atom is 0.123 e. The summed E-state index contributed by atoms with van der Waals surface area (Å²) in [6.07, 6.45) is 3.75. The van der Waals surface area contributed by atoms with E-state index < -0.39 is 0 Å². The molecule has 0 amide bonds. The molecule has 0 spiro atoms. The van der Waals surface area contributed by atoms with Gasteiger partial charge in [0.15, 0.2) is 0 Å².